The number of allylic oxidation sites excluding steroid dienone is 2. The lowest BCUT2D eigenvalue weighted by Gasteiger charge is -2.17. The van der Waals surface area contributed by atoms with Crippen LogP contribution in [-0.2, 0) is 23.7 Å². The van der Waals surface area contributed by atoms with Gasteiger partial charge in [-0.05, 0) is 76.4 Å². The van der Waals surface area contributed by atoms with Gasteiger partial charge < -0.3 is 23.7 Å². The Labute approximate surface area is 289 Å². The van der Waals surface area contributed by atoms with Gasteiger partial charge in [0.2, 0.25) is 0 Å². The van der Waals surface area contributed by atoms with Gasteiger partial charge in [-0.2, -0.15) is 0 Å². The number of halogens is 2. The molecule has 0 amide bonds. The molecule has 0 spiro atoms. The molecule has 0 aliphatic carbocycles. The molecule has 45 heavy (non-hydrogen) atoms. The lowest BCUT2D eigenvalue weighted by Crippen LogP contribution is -2.16. The lowest BCUT2D eigenvalue weighted by molar-refractivity contribution is -0.136. The van der Waals surface area contributed by atoms with E-state index in [1.165, 1.54) is 103 Å². The van der Waals surface area contributed by atoms with Crippen molar-refractivity contribution in [2.45, 2.75) is 180 Å². The first-order valence-electron chi connectivity index (χ1n) is 18.7. The SMILES string of the molecule is CCCCCC(CCOCOCOCCC(CCCCC)OC=CCCCCCCCCCl)OC=CCCCCCCCCCl. The van der Waals surface area contributed by atoms with E-state index in [1.807, 2.05) is 12.5 Å². The van der Waals surface area contributed by atoms with Crippen LogP contribution < -0.4 is 0 Å². The maximum atomic E-state index is 6.07. The second-order valence-corrected chi connectivity index (χ2v) is 13.0. The Kier molecular flexibility index (Phi) is 39.3. The van der Waals surface area contributed by atoms with Gasteiger partial charge in [-0.15, -0.1) is 23.2 Å². The summed E-state index contributed by atoms with van der Waals surface area (Å²) in [6, 6.07) is 0. The molecular weight excluding hydrogens is 607 g/mol. The van der Waals surface area contributed by atoms with Crippen LogP contribution in [0.2, 0.25) is 0 Å². The quantitative estimate of drug-likeness (QED) is 0.0281. The topological polar surface area (TPSA) is 46.2 Å². The van der Waals surface area contributed by atoms with E-state index < -0.39 is 0 Å². The van der Waals surface area contributed by atoms with Gasteiger partial charge in [0.25, 0.3) is 0 Å². The highest BCUT2D eigenvalue weighted by atomic mass is 35.5. The van der Waals surface area contributed by atoms with Crippen LogP contribution >= 0.6 is 23.2 Å². The first kappa shape index (κ1) is 44.5. The van der Waals surface area contributed by atoms with Crippen molar-refractivity contribution in [2.75, 3.05) is 38.6 Å². The summed E-state index contributed by atoms with van der Waals surface area (Å²) in [6.45, 7) is 6.21. The van der Waals surface area contributed by atoms with E-state index in [0.717, 1.165) is 63.1 Å². The highest BCUT2D eigenvalue weighted by Gasteiger charge is 2.09. The molecule has 0 rings (SSSR count). The maximum Gasteiger partial charge on any atom is 0.149 e. The number of rotatable bonds is 38. The molecule has 2 unspecified atom stereocenters. The smallest absolute Gasteiger partial charge is 0.149 e. The maximum absolute atomic E-state index is 6.07. The Morgan fingerprint density at radius 1 is 0.444 bits per heavy atom. The summed E-state index contributed by atoms with van der Waals surface area (Å²) in [5.74, 6) is 1.58. The Balaban J connectivity index is 4.01. The summed E-state index contributed by atoms with van der Waals surface area (Å²) in [7, 11) is 0. The molecule has 0 aliphatic rings. The van der Waals surface area contributed by atoms with Crippen molar-refractivity contribution >= 4 is 23.2 Å². The number of unbranched alkanes of at least 4 members (excludes halogenated alkanes) is 16. The molecule has 0 radical (unpaired) electrons. The zero-order valence-electron chi connectivity index (χ0n) is 29.5. The molecule has 0 heterocycles. The molecule has 0 saturated carbocycles. The number of ether oxygens (including phenoxy) is 5. The minimum Gasteiger partial charge on any atom is -0.498 e. The second kappa shape index (κ2) is 39.7. The van der Waals surface area contributed by atoms with Crippen molar-refractivity contribution in [2.24, 2.45) is 0 Å². The normalized spacial score (nSPS) is 13.2. The molecule has 0 bridgehead atoms. The number of hydrogen-bond donors (Lipinski definition) is 0. The van der Waals surface area contributed by atoms with Crippen LogP contribution in [0.3, 0.4) is 0 Å². The van der Waals surface area contributed by atoms with Crippen molar-refractivity contribution in [3.63, 3.8) is 0 Å². The largest absolute Gasteiger partial charge is 0.498 e. The molecule has 0 aromatic rings. The lowest BCUT2D eigenvalue weighted by atomic mass is 10.1. The van der Waals surface area contributed by atoms with Crippen LogP contribution in [0.5, 0.6) is 0 Å². The number of alkyl halides is 2. The van der Waals surface area contributed by atoms with Crippen molar-refractivity contribution in [1.29, 1.82) is 0 Å². The van der Waals surface area contributed by atoms with Crippen molar-refractivity contribution in [3.8, 4) is 0 Å². The first-order valence-corrected chi connectivity index (χ1v) is 19.8. The third-order valence-corrected chi connectivity index (χ3v) is 8.54. The standard InChI is InChI=1S/C38H72Cl2O5/c1-3-5-19-25-37(44-31-23-17-13-9-7-11-15-21-29-39)27-33-41-35-43-36-42-34-28-38(26-20-6-4-2)45-32-24-18-14-10-8-12-16-22-30-40/h23-24,31-32,37-38H,3-22,25-30,33-36H2,1-2H3. The zero-order valence-corrected chi connectivity index (χ0v) is 31.0. The summed E-state index contributed by atoms with van der Waals surface area (Å²) in [4.78, 5) is 0. The van der Waals surface area contributed by atoms with Gasteiger partial charge in [-0.3, -0.25) is 0 Å². The molecule has 0 aliphatic heterocycles. The first-order chi connectivity index (χ1) is 22.3. The van der Waals surface area contributed by atoms with E-state index in [4.69, 9.17) is 46.9 Å². The van der Waals surface area contributed by atoms with Crippen LogP contribution in [0.1, 0.15) is 168 Å². The van der Waals surface area contributed by atoms with E-state index >= 15 is 0 Å². The average Bonchev–Trinajstić information content (AvgIpc) is 3.05. The second-order valence-electron chi connectivity index (χ2n) is 12.3. The fourth-order valence-corrected chi connectivity index (χ4v) is 5.48. The van der Waals surface area contributed by atoms with Crippen molar-refractivity contribution in [3.05, 3.63) is 24.7 Å². The van der Waals surface area contributed by atoms with Gasteiger partial charge in [-0.1, -0.05) is 90.9 Å². The van der Waals surface area contributed by atoms with E-state index in [1.54, 1.807) is 0 Å². The molecule has 0 aromatic heterocycles. The molecule has 5 nitrogen and oxygen atoms in total. The predicted molar refractivity (Wildman–Crippen MR) is 194 cm³/mol. The molecule has 0 saturated heterocycles. The van der Waals surface area contributed by atoms with Gasteiger partial charge in [0.1, 0.15) is 13.6 Å². The van der Waals surface area contributed by atoms with Crippen LogP contribution in [0.4, 0.5) is 0 Å². The molecule has 7 heteroatoms. The van der Waals surface area contributed by atoms with Crippen LogP contribution in [-0.4, -0.2) is 50.8 Å². The minimum atomic E-state index is 0.199. The van der Waals surface area contributed by atoms with Gasteiger partial charge in [0, 0.05) is 24.6 Å². The van der Waals surface area contributed by atoms with Crippen molar-refractivity contribution in [1.82, 2.24) is 0 Å². The predicted octanol–water partition coefficient (Wildman–Crippen LogP) is 12.6. The van der Waals surface area contributed by atoms with Crippen LogP contribution in [0, 0.1) is 0 Å². The molecule has 2 atom stereocenters. The molecule has 268 valence electrons. The fraction of sp³-hybridized carbons (Fsp3) is 0.895. The molecule has 0 N–H and O–H groups in total. The highest BCUT2D eigenvalue weighted by molar-refractivity contribution is 6.18. The summed E-state index contributed by atoms with van der Waals surface area (Å²) in [6.07, 6.45) is 36.9. The fourth-order valence-electron chi connectivity index (χ4n) is 5.10. The molecule has 0 aromatic carbocycles. The zero-order chi connectivity index (χ0) is 32.7. The van der Waals surface area contributed by atoms with Gasteiger partial charge in [-0.25, -0.2) is 0 Å². The van der Waals surface area contributed by atoms with Crippen molar-refractivity contribution < 1.29 is 23.7 Å². The van der Waals surface area contributed by atoms with E-state index in [0.29, 0.717) is 13.2 Å². The van der Waals surface area contributed by atoms with Gasteiger partial charge in [0.15, 0.2) is 0 Å². The van der Waals surface area contributed by atoms with Gasteiger partial charge in [0.05, 0.1) is 37.9 Å². The summed E-state index contributed by atoms with van der Waals surface area (Å²) in [5, 5.41) is 0. The van der Waals surface area contributed by atoms with Crippen LogP contribution in [0.15, 0.2) is 24.7 Å². The summed E-state index contributed by atoms with van der Waals surface area (Å²) in [5.41, 5.74) is 0. The van der Waals surface area contributed by atoms with Gasteiger partial charge >= 0.3 is 0 Å². The summed E-state index contributed by atoms with van der Waals surface area (Å²) < 4.78 is 29.2. The Bertz CT molecular complexity index is 555. The molecular formula is C38H72Cl2O5. The Hall–Kier alpha value is -0.460. The van der Waals surface area contributed by atoms with E-state index in [-0.39, 0.29) is 25.8 Å². The van der Waals surface area contributed by atoms with E-state index in [2.05, 4.69) is 26.0 Å². The number of hydrogen-bond acceptors (Lipinski definition) is 5. The third-order valence-electron chi connectivity index (χ3n) is 8.00. The average molecular weight is 680 g/mol. The Morgan fingerprint density at radius 2 is 0.844 bits per heavy atom. The van der Waals surface area contributed by atoms with E-state index in [9.17, 15) is 0 Å². The third kappa shape index (κ3) is 36.2. The monoisotopic (exact) mass is 678 g/mol. The highest BCUT2D eigenvalue weighted by Crippen LogP contribution is 2.14. The summed E-state index contributed by atoms with van der Waals surface area (Å²) >= 11 is 11.5. The molecule has 0 fully saturated rings. The van der Waals surface area contributed by atoms with Crippen LogP contribution in [0.25, 0.3) is 0 Å². The minimum absolute atomic E-state index is 0.199. The Morgan fingerprint density at radius 3 is 1.24 bits per heavy atom.